The molecule has 0 saturated carbocycles. The predicted molar refractivity (Wildman–Crippen MR) is 72.0 cm³/mol. The molecule has 0 spiro atoms. The molecule has 0 unspecified atom stereocenters. The van der Waals surface area contributed by atoms with E-state index in [0.29, 0.717) is 17.1 Å². The fraction of sp³-hybridized carbons (Fsp3) is 0.0909. The number of aromatic nitrogens is 2. The maximum atomic E-state index is 11.5. The normalized spacial score (nSPS) is 10.3. The molecule has 0 aliphatic carbocycles. The summed E-state index contributed by atoms with van der Waals surface area (Å²) in [5.41, 5.74) is 0.512. The minimum Gasteiger partial charge on any atom is -0.333 e. The maximum Gasteiger partial charge on any atom is 0.281 e. The number of rotatable bonds is 3. The Morgan fingerprint density at radius 1 is 1.22 bits per heavy atom. The minimum atomic E-state index is -0.585. The van der Waals surface area contributed by atoms with Gasteiger partial charge >= 0.3 is 0 Å². The summed E-state index contributed by atoms with van der Waals surface area (Å²) in [7, 11) is 0. The largest absolute Gasteiger partial charge is 0.333 e. The first-order valence-corrected chi connectivity index (χ1v) is 5.82. The zero-order valence-corrected chi connectivity index (χ0v) is 10.6. The Morgan fingerprint density at radius 3 is 2.50 bits per heavy atom. The molecule has 1 aromatic carbocycles. The topological polar surface area (TPSA) is 78.1 Å². The van der Waals surface area contributed by atoms with Crippen molar-refractivity contribution in [3.05, 3.63) is 60.6 Å². The highest BCUT2D eigenvalue weighted by atomic mass is 35.5. The first-order chi connectivity index (χ1) is 8.60. The molecular formula is C11H8ClN3O2S. The summed E-state index contributed by atoms with van der Waals surface area (Å²) >= 11 is 10.6. The van der Waals surface area contributed by atoms with Crippen LogP contribution in [0.2, 0.25) is 5.02 Å². The number of nitroso groups, excluding NO2 is 1. The van der Waals surface area contributed by atoms with Gasteiger partial charge in [-0.25, -0.2) is 0 Å². The van der Waals surface area contributed by atoms with Crippen molar-refractivity contribution < 1.29 is 0 Å². The van der Waals surface area contributed by atoms with E-state index in [4.69, 9.17) is 23.8 Å². The number of hydrogen-bond acceptors (Lipinski definition) is 4. The van der Waals surface area contributed by atoms with Crippen molar-refractivity contribution in [2.45, 2.75) is 6.42 Å². The lowest BCUT2D eigenvalue weighted by Crippen LogP contribution is -2.10. The third-order valence-electron chi connectivity index (χ3n) is 2.38. The van der Waals surface area contributed by atoms with E-state index in [2.05, 4.69) is 15.1 Å². The minimum absolute atomic E-state index is 0.163. The molecule has 1 heterocycles. The molecule has 18 heavy (non-hydrogen) atoms. The molecule has 2 aromatic rings. The number of H-pyrrole nitrogens is 2. The molecule has 7 heteroatoms. The maximum absolute atomic E-state index is 11.5. The van der Waals surface area contributed by atoms with Gasteiger partial charge in [-0.1, -0.05) is 23.7 Å². The van der Waals surface area contributed by atoms with Gasteiger partial charge in [0.1, 0.15) is 0 Å². The number of benzene rings is 1. The number of nitrogens with zero attached hydrogens (tertiary/aromatic N) is 1. The molecule has 0 fully saturated rings. The smallest absolute Gasteiger partial charge is 0.281 e. The summed E-state index contributed by atoms with van der Waals surface area (Å²) in [6.45, 7) is 0. The van der Waals surface area contributed by atoms with Crippen molar-refractivity contribution in [1.82, 2.24) is 9.97 Å². The van der Waals surface area contributed by atoms with Crippen molar-refractivity contribution in [2.24, 2.45) is 5.18 Å². The van der Waals surface area contributed by atoms with Gasteiger partial charge in [-0.15, -0.1) is 4.91 Å². The lowest BCUT2D eigenvalue weighted by molar-refractivity contribution is 0.981. The van der Waals surface area contributed by atoms with Crippen molar-refractivity contribution in [3.8, 4) is 0 Å². The Kier molecular flexibility index (Phi) is 3.69. The number of aromatic amines is 2. The van der Waals surface area contributed by atoms with Crippen molar-refractivity contribution in [2.75, 3.05) is 0 Å². The Bertz CT molecular complexity index is 691. The summed E-state index contributed by atoms with van der Waals surface area (Å²) < 4.78 is 0.163. The van der Waals surface area contributed by atoms with E-state index in [-0.39, 0.29) is 10.5 Å². The second-order valence-electron chi connectivity index (χ2n) is 3.63. The quantitative estimate of drug-likeness (QED) is 0.670. The molecule has 0 amide bonds. The molecule has 92 valence electrons. The number of hydrogen-bond donors (Lipinski definition) is 2. The third kappa shape index (κ3) is 2.72. The van der Waals surface area contributed by atoms with Gasteiger partial charge in [-0.2, -0.15) is 0 Å². The van der Waals surface area contributed by atoms with Crippen LogP contribution >= 0.6 is 23.8 Å². The van der Waals surface area contributed by atoms with E-state index in [9.17, 15) is 9.70 Å². The molecule has 2 rings (SSSR count). The van der Waals surface area contributed by atoms with Crippen LogP contribution in [0.5, 0.6) is 0 Å². The van der Waals surface area contributed by atoms with Crippen LogP contribution in [-0.4, -0.2) is 9.97 Å². The van der Waals surface area contributed by atoms with Gasteiger partial charge < -0.3 is 4.98 Å². The SMILES string of the molecule is O=Nc1c(Cc2ccc(Cl)cc2)[nH]c(=S)[nH]c1=O. The fourth-order valence-electron chi connectivity index (χ4n) is 1.56. The average Bonchev–Trinajstić information content (AvgIpc) is 2.32. The molecule has 0 aliphatic rings. The van der Waals surface area contributed by atoms with Gasteiger partial charge in [0, 0.05) is 11.4 Å². The van der Waals surface area contributed by atoms with E-state index in [0.717, 1.165) is 5.56 Å². The molecular weight excluding hydrogens is 274 g/mol. The van der Waals surface area contributed by atoms with Crippen LogP contribution in [-0.2, 0) is 6.42 Å². The summed E-state index contributed by atoms with van der Waals surface area (Å²) in [6.07, 6.45) is 0.353. The highest BCUT2D eigenvalue weighted by molar-refractivity contribution is 7.71. The lowest BCUT2D eigenvalue weighted by atomic mass is 10.1. The van der Waals surface area contributed by atoms with Gasteiger partial charge in [0.25, 0.3) is 5.56 Å². The molecule has 0 bridgehead atoms. The van der Waals surface area contributed by atoms with Crippen LogP contribution in [0.4, 0.5) is 5.69 Å². The van der Waals surface area contributed by atoms with E-state index in [1.54, 1.807) is 24.3 Å². The highest BCUT2D eigenvalue weighted by Gasteiger charge is 2.09. The van der Waals surface area contributed by atoms with Crippen LogP contribution < -0.4 is 5.56 Å². The molecule has 0 atom stereocenters. The van der Waals surface area contributed by atoms with Crippen LogP contribution in [0, 0.1) is 9.68 Å². The Hall–Kier alpha value is -1.79. The van der Waals surface area contributed by atoms with Crippen molar-refractivity contribution in [1.29, 1.82) is 0 Å². The summed E-state index contributed by atoms with van der Waals surface area (Å²) in [4.78, 5) is 27.2. The standard InChI is InChI=1S/C11H8ClN3O2S/c12-7-3-1-6(2-4-7)5-8-9(15-17)10(16)14-11(18)13-8/h1-4H,5H2,(H2,13,14,16,18). The predicted octanol–water partition coefficient (Wildman–Crippen LogP) is 3.07. The van der Waals surface area contributed by atoms with Crippen LogP contribution in [0.3, 0.4) is 0 Å². The molecule has 0 saturated heterocycles. The van der Waals surface area contributed by atoms with Gasteiger partial charge in [-0.05, 0) is 35.1 Å². The van der Waals surface area contributed by atoms with E-state index >= 15 is 0 Å². The van der Waals surface area contributed by atoms with Crippen LogP contribution in [0.15, 0.2) is 34.2 Å². The van der Waals surface area contributed by atoms with Crippen LogP contribution in [0.25, 0.3) is 0 Å². The second-order valence-corrected chi connectivity index (χ2v) is 4.47. The van der Waals surface area contributed by atoms with Crippen LogP contribution in [0.1, 0.15) is 11.3 Å². The number of halogens is 1. The Labute approximate surface area is 112 Å². The summed E-state index contributed by atoms with van der Waals surface area (Å²) in [5.74, 6) is 0. The Morgan fingerprint density at radius 2 is 1.89 bits per heavy atom. The zero-order chi connectivity index (χ0) is 13.1. The number of nitrogens with one attached hydrogen (secondary N) is 2. The summed E-state index contributed by atoms with van der Waals surface area (Å²) in [5, 5.41) is 3.34. The van der Waals surface area contributed by atoms with Crippen molar-refractivity contribution in [3.63, 3.8) is 0 Å². The van der Waals surface area contributed by atoms with Gasteiger partial charge in [0.05, 0.1) is 5.69 Å². The summed E-state index contributed by atoms with van der Waals surface area (Å²) in [6, 6.07) is 7.06. The highest BCUT2D eigenvalue weighted by Crippen LogP contribution is 2.17. The monoisotopic (exact) mass is 281 g/mol. The molecule has 1 aromatic heterocycles. The molecule has 0 aliphatic heterocycles. The third-order valence-corrected chi connectivity index (χ3v) is 2.83. The van der Waals surface area contributed by atoms with Gasteiger partial charge in [0.2, 0.25) is 0 Å². The fourth-order valence-corrected chi connectivity index (χ4v) is 1.90. The second kappa shape index (κ2) is 5.24. The van der Waals surface area contributed by atoms with Gasteiger partial charge in [-0.3, -0.25) is 9.78 Å². The first kappa shape index (κ1) is 12.7. The van der Waals surface area contributed by atoms with E-state index in [1.807, 2.05) is 0 Å². The lowest BCUT2D eigenvalue weighted by Gasteiger charge is -2.03. The molecule has 5 nitrogen and oxygen atoms in total. The first-order valence-electron chi connectivity index (χ1n) is 5.03. The zero-order valence-electron chi connectivity index (χ0n) is 9.07. The van der Waals surface area contributed by atoms with Crippen molar-refractivity contribution >= 4 is 29.5 Å². The molecule has 2 N–H and O–H groups in total. The van der Waals surface area contributed by atoms with Gasteiger partial charge in [0.15, 0.2) is 10.5 Å². The molecule has 0 radical (unpaired) electrons. The Balaban J connectivity index is 2.45. The average molecular weight is 282 g/mol. The van der Waals surface area contributed by atoms with E-state index < -0.39 is 5.56 Å². The van der Waals surface area contributed by atoms with E-state index in [1.165, 1.54) is 0 Å².